The van der Waals surface area contributed by atoms with Gasteiger partial charge >= 0.3 is 5.97 Å². The summed E-state index contributed by atoms with van der Waals surface area (Å²) in [5, 5.41) is 20.1. The Labute approximate surface area is 103 Å². The minimum Gasteiger partial charge on any atom is -0.481 e. The summed E-state index contributed by atoms with van der Waals surface area (Å²) >= 11 is 0. The fourth-order valence-corrected chi connectivity index (χ4v) is 1.75. The molecular weight excluding hydrogens is 236 g/mol. The van der Waals surface area contributed by atoms with E-state index in [9.17, 15) is 4.79 Å². The van der Waals surface area contributed by atoms with Crippen molar-refractivity contribution >= 4 is 5.97 Å². The van der Waals surface area contributed by atoms with Crippen LogP contribution in [0.25, 0.3) is 11.6 Å². The van der Waals surface area contributed by atoms with Gasteiger partial charge in [0.2, 0.25) is 5.82 Å². The summed E-state index contributed by atoms with van der Waals surface area (Å²) < 4.78 is 6.90. The van der Waals surface area contributed by atoms with E-state index in [1.54, 1.807) is 10.9 Å². The summed E-state index contributed by atoms with van der Waals surface area (Å²) in [5.41, 5.74) is 0.942. The summed E-state index contributed by atoms with van der Waals surface area (Å²) in [7, 11) is 0. The highest BCUT2D eigenvalue weighted by molar-refractivity contribution is 5.66. The maximum atomic E-state index is 10.6. The number of hydrogen-bond donors (Lipinski definition) is 1. The standard InChI is InChI=1S/C11H14N4O3/c1-7(5-9(16)17)6-15-11(12-13-14-15)10-8(2)3-4-18-10/h3-4,7H,5-6H2,1-2H3,(H,16,17). The lowest BCUT2D eigenvalue weighted by Gasteiger charge is -2.09. The van der Waals surface area contributed by atoms with Crippen LogP contribution < -0.4 is 0 Å². The molecule has 0 aliphatic carbocycles. The molecule has 2 heterocycles. The molecule has 7 heteroatoms. The molecule has 0 amide bonds. The number of tetrazole rings is 1. The van der Waals surface area contributed by atoms with Gasteiger partial charge in [-0.05, 0) is 34.9 Å². The second-order valence-corrected chi connectivity index (χ2v) is 4.32. The molecule has 2 aromatic heterocycles. The summed E-state index contributed by atoms with van der Waals surface area (Å²) in [6.07, 6.45) is 1.65. The van der Waals surface area contributed by atoms with Crippen molar-refractivity contribution in [3.8, 4) is 11.6 Å². The molecule has 96 valence electrons. The molecule has 1 atom stereocenters. The van der Waals surface area contributed by atoms with Crippen molar-refractivity contribution in [2.75, 3.05) is 0 Å². The van der Waals surface area contributed by atoms with Gasteiger partial charge in [0.05, 0.1) is 6.26 Å². The van der Waals surface area contributed by atoms with Gasteiger partial charge in [-0.1, -0.05) is 6.92 Å². The number of carboxylic acid groups (broad SMARTS) is 1. The van der Waals surface area contributed by atoms with E-state index in [0.717, 1.165) is 5.56 Å². The number of furan rings is 1. The van der Waals surface area contributed by atoms with Crippen LogP contribution in [0.4, 0.5) is 0 Å². The van der Waals surface area contributed by atoms with E-state index >= 15 is 0 Å². The number of rotatable bonds is 5. The quantitative estimate of drug-likeness (QED) is 0.860. The van der Waals surface area contributed by atoms with Gasteiger partial charge in [0.1, 0.15) is 0 Å². The first-order chi connectivity index (χ1) is 8.58. The van der Waals surface area contributed by atoms with E-state index in [-0.39, 0.29) is 12.3 Å². The summed E-state index contributed by atoms with van der Waals surface area (Å²) in [4.78, 5) is 10.6. The SMILES string of the molecule is Cc1ccoc1-c1nnnn1CC(C)CC(=O)O. The molecule has 0 fully saturated rings. The smallest absolute Gasteiger partial charge is 0.303 e. The van der Waals surface area contributed by atoms with Gasteiger partial charge < -0.3 is 9.52 Å². The molecular formula is C11H14N4O3. The molecule has 1 N–H and O–H groups in total. The molecule has 0 aliphatic heterocycles. The van der Waals surface area contributed by atoms with Crippen molar-refractivity contribution in [3.05, 3.63) is 17.9 Å². The highest BCUT2D eigenvalue weighted by Crippen LogP contribution is 2.22. The third-order valence-corrected chi connectivity index (χ3v) is 2.60. The zero-order chi connectivity index (χ0) is 13.1. The van der Waals surface area contributed by atoms with Crippen LogP contribution in [-0.2, 0) is 11.3 Å². The molecule has 7 nitrogen and oxygen atoms in total. The summed E-state index contributed by atoms with van der Waals surface area (Å²) in [5.74, 6) is 0.253. The zero-order valence-corrected chi connectivity index (χ0v) is 10.2. The highest BCUT2D eigenvalue weighted by atomic mass is 16.4. The number of carbonyl (C=O) groups is 1. The molecule has 2 rings (SSSR count). The van der Waals surface area contributed by atoms with Crippen LogP contribution in [0, 0.1) is 12.8 Å². The van der Waals surface area contributed by atoms with Crippen molar-refractivity contribution in [2.45, 2.75) is 26.8 Å². The van der Waals surface area contributed by atoms with E-state index in [1.807, 2.05) is 19.9 Å². The highest BCUT2D eigenvalue weighted by Gasteiger charge is 2.17. The molecule has 2 aromatic rings. The van der Waals surface area contributed by atoms with Crippen LogP contribution in [0.5, 0.6) is 0 Å². The van der Waals surface area contributed by atoms with E-state index in [4.69, 9.17) is 9.52 Å². The Kier molecular flexibility index (Phi) is 3.40. The lowest BCUT2D eigenvalue weighted by atomic mass is 10.1. The first-order valence-electron chi connectivity index (χ1n) is 5.60. The molecule has 0 saturated heterocycles. The van der Waals surface area contributed by atoms with Crippen molar-refractivity contribution < 1.29 is 14.3 Å². The van der Waals surface area contributed by atoms with Gasteiger partial charge in [-0.3, -0.25) is 4.79 Å². The van der Waals surface area contributed by atoms with Crippen molar-refractivity contribution in [1.82, 2.24) is 20.2 Å². The molecule has 0 aliphatic rings. The monoisotopic (exact) mass is 250 g/mol. The van der Waals surface area contributed by atoms with E-state index < -0.39 is 5.97 Å². The Morgan fingerprint density at radius 3 is 3.00 bits per heavy atom. The number of hydrogen-bond acceptors (Lipinski definition) is 5. The Bertz CT molecular complexity index is 546. The van der Waals surface area contributed by atoms with Gasteiger partial charge in [0.15, 0.2) is 5.76 Å². The van der Waals surface area contributed by atoms with Crippen LogP contribution in [0.2, 0.25) is 0 Å². The number of aliphatic carboxylic acids is 1. The van der Waals surface area contributed by atoms with Gasteiger partial charge in [0, 0.05) is 13.0 Å². The predicted molar refractivity (Wildman–Crippen MR) is 61.7 cm³/mol. The Balaban J connectivity index is 2.18. The van der Waals surface area contributed by atoms with Crippen LogP contribution in [0.15, 0.2) is 16.7 Å². The lowest BCUT2D eigenvalue weighted by molar-refractivity contribution is -0.138. The molecule has 1 unspecified atom stereocenters. The largest absolute Gasteiger partial charge is 0.481 e. The fourth-order valence-electron chi connectivity index (χ4n) is 1.75. The topological polar surface area (TPSA) is 94.0 Å². The van der Waals surface area contributed by atoms with E-state index in [1.165, 1.54) is 0 Å². The minimum atomic E-state index is -0.827. The Morgan fingerprint density at radius 1 is 1.61 bits per heavy atom. The first kappa shape index (κ1) is 12.3. The first-order valence-corrected chi connectivity index (χ1v) is 5.60. The second-order valence-electron chi connectivity index (χ2n) is 4.32. The molecule has 0 radical (unpaired) electrons. The normalized spacial score (nSPS) is 12.6. The summed E-state index contributed by atoms with van der Waals surface area (Å²) in [6.45, 7) is 4.18. The Morgan fingerprint density at radius 2 is 2.39 bits per heavy atom. The van der Waals surface area contributed by atoms with Crippen molar-refractivity contribution in [2.24, 2.45) is 5.92 Å². The number of carboxylic acids is 1. The molecule has 18 heavy (non-hydrogen) atoms. The van der Waals surface area contributed by atoms with Crippen molar-refractivity contribution in [3.63, 3.8) is 0 Å². The Hall–Kier alpha value is -2.18. The summed E-state index contributed by atoms with van der Waals surface area (Å²) in [6, 6.07) is 1.83. The molecule has 0 bridgehead atoms. The van der Waals surface area contributed by atoms with Crippen LogP contribution in [-0.4, -0.2) is 31.3 Å². The van der Waals surface area contributed by atoms with Crippen molar-refractivity contribution in [1.29, 1.82) is 0 Å². The predicted octanol–water partition coefficient (Wildman–Crippen LogP) is 1.35. The van der Waals surface area contributed by atoms with Gasteiger partial charge in [-0.2, -0.15) is 0 Å². The van der Waals surface area contributed by atoms with E-state index in [2.05, 4.69) is 15.5 Å². The fraction of sp³-hybridized carbons (Fsp3) is 0.455. The van der Waals surface area contributed by atoms with Gasteiger partial charge in [-0.15, -0.1) is 5.10 Å². The third kappa shape index (κ3) is 2.55. The van der Waals surface area contributed by atoms with Gasteiger partial charge in [0.25, 0.3) is 0 Å². The maximum absolute atomic E-state index is 10.6. The maximum Gasteiger partial charge on any atom is 0.303 e. The van der Waals surface area contributed by atoms with Gasteiger partial charge in [-0.25, -0.2) is 4.68 Å². The third-order valence-electron chi connectivity index (χ3n) is 2.60. The molecule has 0 saturated carbocycles. The molecule has 0 aromatic carbocycles. The molecule has 0 spiro atoms. The van der Waals surface area contributed by atoms with Crippen LogP contribution >= 0.6 is 0 Å². The number of aromatic nitrogens is 4. The second kappa shape index (κ2) is 4.99. The van der Waals surface area contributed by atoms with E-state index in [0.29, 0.717) is 18.1 Å². The minimum absolute atomic E-state index is 0.0555. The lowest BCUT2D eigenvalue weighted by Crippen LogP contribution is -2.14. The van der Waals surface area contributed by atoms with Crippen LogP contribution in [0.1, 0.15) is 18.9 Å². The number of aryl methyl sites for hydroxylation is 1. The number of nitrogens with zero attached hydrogens (tertiary/aromatic N) is 4. The zero-order valence-electron chi connectivity index (χ0n) is 10.2. The average molecular weight is 250 g/mol. The average Bonchev–Trinajstić information content (AvgIpc) is 2.85. The van der Waals surface area contributed by atoms with Crippen LogP contribution in [0.3, 0.4) is 0 Å².